The third-order valence-corrected chi connectivity index (χ3v) is 6.76. The van der Waals surface area contributed by atoms with Crippen molar-refractivity contribution in [3.8, 4) is 11.5 Å². The lowest BCUT2D eigenvalue weighted by Gasteiger charge is -2.08. The van der Waals surface area contributed by atoms with Crippen molar-refractivity contribution >= 4 is 28.9 Å². The highest BCUT2D eigenvalue weighted by molar-refractivity contribution is 6.30. The average molecular weight is 549 g/mol. The summed E-state index contributed by atoms with van der Waals surface area (Å²) in [5.74, 6) is 0.792. The molecule has 0 heterocycles. The molecule has 0 atom stereocenters. The Morgan fingerprint density at radius 3 is 1.62 bits per heavy atom. The van der Waals surface area contributed by atoms with E-state index in [1.165, 1.54) is 70.6 Å². The van der Waals surface area contributed by atoms with Gasteiger partial charge in [0.15, 0.2) is 0 Å². The Balaban J connectivity index is 1.28. The number of hydrogen-bond donors (Lipinski definition) is 0. The summed E-state index contributed by atoms with van der Waals surface area (Å²) in [4.78, 5) is 12.5. The normalized spacial score (nSPS) is 11.1. The lowest BCUT2D eigenvalue weighted by atomic mass is 10.1. The number of benzene rings is 3. The number of carbonyl (C=O) groups is 1. The van der Waals surface area contributed by atoms with E-state index in [2.05, 4.69) is 17.2 Å². The zero-order valence-electron chi connectivity index (χ0n) is 23.1. The van der Waals surface area contributed by atoms with E-state index < -0.39 is 5.97 Å². The van der Waals surface area contributed by atoms with Crippen LogP contribution in [-0.2, 0) is 0 Å². The molecule has 0 aliphatic heterocycles. The molecular weight excluding hydrogens is 508 g/mol. The molecule has 0 radical (unpaired) electrons. The van der Waals surface area contributed by atoms with Gasteiger partial charge >= 0.3 is 5.97 Å². The number of azo groups is 1. The van der Waals surface area contributed by atoms with Crippen LogP contribution < -0.4 is 9.47 Å². The summed E-state index contributed by atoms with van der Waals surface area (Å²) >= 11 is 5.88. The number of nitrogens with zero attached hydrogens (tertiary/aromatic N) is 2. The van der Waals surface area contributed by atoms with Crippen molar-refractivity contribution in [3.63, 3.8) is 0 Å². The predicted octanol–water partition coefficient (Wildman–Crippen LogP) is 11.1. The zero-order chi connectivity index (χ0) is 27.5. The largest absolute Gasteiger partial charge is 0.494 e. The number of carbonyl (C=O) groups excluding carboxylic acids is 1. The molecule has 6 heteroatoms. The summed E-state index contributed by atoms with van der Waals surface area (Å²) in [5.41, 5.74) is 1.83. The molecular formula is C33H41ClN2O3. The maximum Gasteiger partial charge on any atom is 0.343 e. The first-order valence-corrected chi connectivity index (χ1v) is 14.7. The Morgan fingerprint density at radius 1 is 0.615 bits per heavy atom. The van der Waals surface area contributed by atoms with Gasteiger partial charge in [-0.2, -0.15) is 10.2 Å². The van der Waals surface area contributed by atoms with Crippen molar-refractivity contribution in [1.29, 1.82) is 0 Å². The van der Waals surface area contributed by atoms with E-state index >= 15 is 0 Å². The SMILES string of the molecule is CCCCCCCCCCCCCCOc1ccc(C(=O)Oc2ccc(N=Nc3ccc(Cl)cc3)cc2)cc1. The Kier molecular flexibility index (Phi) is 14.1. The molecule has 0 fully saturated rings. The van der Waals surface area contributed by atoms with E-state index in [1.807, 2.05) is 12.1 Å². The molecule has 0 saturated carbocycles. The van der Waals surface area contributed by atoms with Crippen LogP contribution in [0.15, 0.2) is 83.0 Å². The second-order valence-electron chi connectivity index (χ2n) is 9.82. The molecule has 0 unspecified atom stereocenters. The smallest absolute Gasteiger partial charge is 0.343 e. The number of esters is 1. The quantitative estimate of drug-likeness (QED) is 0.0687. The van der Waals surface area contributed by atoms with Crippen molar-refractivity contribution < 1.29 is 14.3 Å². The zero-order valence-corrected chi connectivity index (χ0v) is 23.9. The van der Waals surface area contributed by atoms with E-state index in [1.54, 1.807) is 60.7 Å². The molecule has 0 spiro atoms. The van der Waals surface area contributed by atoms with Gasteiger partial charge in [0.05, 0.1) is 23.5 Å². The average Bonchev–Trinajstić information content (AvgIpc) is 2.96. The van der Waals surface area contributed by atoms with Crippen LogP contribution in [-0.4, -0.2) is 12.6 Å². The molecule has 0 saturated heterocycles. The minimum absolute atomic E-state index is 0.418. The highest BCUT2D eigenvalue weighted by Gasteiger charge is 2.09. The lowest BCUT2D eigenvalue weighted by Crippen LogP contribution is -2.08. The molecule has 3 aromatic rings. The van der Waals surface area contributed by atoms with Crippen LogP contribution >= 0.6 is 11.6 Å². The summed E-state index contributed by atoms with van der Waals surface area (Å²) in [5, 5.41) is 9.01. The molecule has 0 N–H and O–H groups in total. The van der Waals surface area contributed by atoms with E-state index in [4.69, 9.17) is 21.1 Å². The summed E-state index contributed by atoms with van der Waals surface area (Å²) in [7, 11) is 0. The first-order chi connectivity index (χ1) is 19.1. The minimum Gasteiger partial charge on any atom is -0.494 e. The molecule has 39 heavy (non-hydrogen) atoms. The van der Waals surface area contributed by atoms with Gasteiger partial charge in [-0.25, -0.2) is 4.79 Å². The van der Waals surface area contributed by atoms with Crippen LogP contribution in [0.5, 0.6) is 11.5 Å². The van der Waals surface area contributed by atoms with Crippen LogP contribution in [0.25, 0.3) is 0 Å². The molecule has 0 aliphatic rings. The van der Waals surface area contributed by atoms with E-state index in [-0.39, 0.29) is 0 Å². The molecule has 0 amide bonds. The van der Waals surface area contributed by atoms with E-state index in [0.29, 0.717) is 34.3 Å². The van der Waals surface area contributed by atoms with Crippen LogP contribution in [0.4, 0.5) is 11.4 Å². The van der Waals surface area contributed by atoms with Gasteiger partial charge in [0, 0.05) is 5.02 Å². The van der Waals surface area contributed by atoms with E-state index in [9.17, 15) is 4.79 Å². The topological polar surface area (TPSA) is 60.2 Å². The van der Waals surface area contributed by atoms with Crippen LogP contribution in [0, 0.1) is 0 Å². The summed E-state index contributed by atoms with van der Waals surface area (Å²) < 4.78 is 11.3. The van der Waals surface area contributed by atoms with Gasteiger partial charge in [-0.05, 0) is 79.2 Å². The highest BCUT2D eigenvalue weighted by Crippen LogP contribution is 2.23. The molecule has 5 nitrogen and oxygen atoms in total. The summed E-state index contributed by atoms with van der Waals surface area (Å²) in [6.07, 6.45) is 15.9. The first-order valence-electron chi connectivity index (χ1n) is 14.4. The maximum absolute atomic E-state index is 12.5. The van der Waals surface area contributed by atoms with Crippen molar-refractivity contribution in [3.05, 3.63) is 83.4 Å². The van der Waals surface area contributed by atoms with Gasteiger partial charge in [0.1, 0.15) is 11.5 Å². The van der Waals surface area contributed by atoms with Gasteiger partial charge in [-0.1, -0.05) is 89.2 Å². The van der Waals surface area contributed by atoms with Crippen LogP contribution in [0.1, 0.15) is 94.3 Å². The fraction of sp³-hybridized carbons (Fsp3) is 0.424. The lowest BCUT2D eigenvalue weighted by molar-refractivity contribution is 0.0734. The number of hydrogen-bond acceptors (Lipinski definition) is 5. The fourth-order valence-electron chi connectivity index (χ4n) is 4.19. The third-order valence-electron chi connectivity index (χ3n) is 6.51. The van der Waals surface area contributed by atoms with E-state index in [0.717, 1.165) is 12.2 Å². The van der Waals surface area contributed by atoms with Gasteiger partial charge in [-0.3, -0.25) is 0 Å². The van der Waals surface area contributed by atoms with Crippen molar-refractivity contribution in [2.24, 2.45) is 10.2 Å². The second kappa shape index (κ2) is 18.2. The summed E-state index contributed by atoms with van der Waals surface area (Å²) in [6, 6.07) is 21.1. The van der Waals surface area contributed by atoms with Crippen molar-refractivity contribution in [2.75, 3.05) is 6.61 Å². The number of halogens is 1. The Morgan fingerprint density at radius 2 is 1.08 bits per heavy atom. The third kappa shape index (κ3) is 12.5. The van der Waals surface area contributed by atoms with Gasteiger partial charge in [-0.15, -0.1) is 0 Å². The predicted molar refractivity (Wildman–Crippen MR) is 160 cm³/mol. The molecule has 0 bridgehead atoms. The first kappa shape index (κ1) is 30.4. The van der Waals surface area contributed by atoms with Gasteiger partial charge in [0.25, 0.3) is 0 Å². The Labute approximate surface area is 238 Å². The second-order valence-corrected chi connectivity index (χ2v) is 10.3. The standard InChI is InChI=1S/C33H41ClN2O3/c1-2-3-4-5-6-7-8-9-10-11-12-13-26-38-31-22-14-27(15-23-31)33(37)39-32-24-20-30(21-25-32)36-35-29-18-16-28(34)17-19-29/h14-25H,2-13,26H2,1H3. The van der Waals surface area contributed by atoms with Crippen molar-refractivity contribution in [1.82, 2.24) is 0 Å². The highest BCUT2D eigenvalue weighted by atomic mass is 35.5. The fourth-order valence-corrected chi connectivity index (χ4v) is 4.32. The van der Waals surface area contributed by atoms with Crippen LogP contribution in [0.3, 0.4) is 0 Å². The molecule has 0 aromatic heterocycles. The van der Waals surface area contributed by atoms with Gasteiger partial charge < -0.3 is 9.47 Å². The van der Waals surface area contributed by atoms with Gasteiger partial charge in [0.2, 0.25) is 0 Å². The number of unbranched alkanes of at least 4 members (excludes halogenated alkanes) is 11. The Hall–Kier alpha value is -3.18. The monoisotopic (exact) mass is 548 g/mol. The number of rotatable bonds is 18. The molecule has 0 aliphatic carbocycles. The Bertz CT molecular complexity index is 1110. The van der Waals surface area contributed by atoms with Crippen molar-refractivity contribution in [2.45, 2.75) is 84.0 Å². The molecule has 208 valence electrons. The summed E-state index contributed by atoms with van der Waals surface area (Å²) in [6.45, 7) is 2.96. The number of ether oxygens (including phenoxy) is 2. The minimum atomic E-state index is -0.418. The maximum atomic E-state index is 12.5. The molecule has 3 aromatic carbocycles. The van der Waals surface area contributed by atoms with Crippen LogP contribution in [0.2, 0.25) is 5.02 Å². The molecule has 3 rings (SSSR count).